The highest BCUT2D eigenvalue weighted by atomic mass is 16.5. The molecule has 26 heavy (non-hydrogen) atoms. The lowest BCUT2D eigenvalue weighted by atomic mass is 10.1. The van der Waals surface area contributed by atoms with Gasteiger partial charge in [-0.25, -0.2) is 0 Å². The topological polar surface area (TPSA) is 18.5 Å². The molecule has 1 aromatic carbocycles. The highest BCUT2D eigenvalue weighted by Crippen LogP contribution is 2.28. The van der Waals surface area contributed by atoms with Crippen LogP contribution in [0.25, 0.3) is 0 Å². The number of terminal acetylenes is 2. The predicted octanol–water partition coefficient (Wildman–Crippen LogP) is 2.60. The Labute approximate surface area is 159 Å². The van der Waals surface area contributed by atoms with E-state index in [1.165, 1.54) is 0 Å². The van der Waals surface area contributed by atoms with Crippen LogP contribution in [0.3, 0.4) is 0 Å². The summed E-state index contributed by atoms with van der Waals surface area (Å²) in [5.74, 6) is 6.66. The lowest BCUT2D eigenvalue weighted by Gasteiger charge is -2.24. The van der Waals surface area contributed by atoms with E-state index in [9.17, 15) is 0 Å². The zero-order valence-electron chi connectivity index (χ0n) is 17.3. The molecule has 0 aliphatic rings. The number of hydrogen-bond donors (Lipinski definition) is 0. The van der Waals surface area contributed by atoms with E-state index in [0.29, 0.717) is 35.8 Å². The third kappa shape index (κ3) is 8.30. The molecule has 0 aliphatic carbocycles. The van der Waals surface area contributed by atoms with Gasteiger partial charge in [0.1, 0.15) is 11.5 Å². The number of benzene rings is 1. The average molecular weight is 359 g/mol. The molecule has 0 saturated carbocycles. The van der Waals surface area contributed by atoms with Crippen molar-refractivity contribution in [3.63, 3.8) is 0 Å². The smallest absolute Gasteiger partial charge is 0.136 e. The third-order valence-electron chi connectivity index (χ3n) is 3.85. The Morgan fingerprint density at radius 2 is 1.08 bits per heavy atom. The number of quaternary nitrogens is 2. The van der Waals surface area contributed by atoms with Gasteiger partial charge in [0.15, 0.2) is 0 Å². The molecule has 0 fully saturated rings. The summed E-state index contributed by atoms with van der Waals surface area (Å²) < 4.78 is 13.6. The van der Waals surface area contributed by atoms with Gasteiger partial charge in [0.25, 0.3) is 0 Å². The van der Waals surface area contributed by atoms with Crippen molar-refractivity contribution in [2.45, 2.75) is 12.8 Å². The lowest BCUT2D eigenvalue weighted by Crippen LogP contribution is -2.36. The van der Waals surface area contributed by atoms with Gasteiger partial charge in [0.05, 0.1) is 79.7 Å². The average Bonchev–Trinajstić information content (AvgIpc) is 2.53. The van der Waals surface area contributed by atoms with Crippen LogP contribution in [-0.4, -0.2) is 77.6 Å². The van der Waals surface area contributed by atoms with Gasteiger partial charge in [0, 0.05) is 25.0 Å². The fraction of sp³-hybridized carbons (Fsp3) is 0.545. The maximum atomic E-state index is 5.89. The van der Waals surface area contributed by atoms with Crippen molar-refractivity contribution in [2.75, 3.05) is 68.6 Å². The van der Waals surface area contributed by atoms with E-state index < -0.39 is 0 Å². The minimum atomic E-state index is 0.609. The minimum Gasteiger partial charge on any atom is -0.492 e. The van der Waals surface area contributed by atoms with E-state index in [-0.39, 0.29) is 0 Å². The highest BCUT2D eigenvalue weighted by Gasteiger charge is 2.12. The Morgan fingerprint density at radius 1 is 0.731 bits per heavy atom. The Hall–Kier alpha value is -2.14. The molecule has 0 unspecified atom stereocenters. The highest BCUT2D eigenvalue weighted by molar-refractivity contribution is 5.57. The van der Waals surface area contributed by atoms with Crippen LogP contribution in [0.5, 0.6) is 11.5 Å². The molecule has 0 radical (unpaired) electrons. The van der Waals surface area contributed by atoms with Gasteiger partial charge < -0.3 is 18.4 Å². The molecule has 0 bridgehead atoms. The summed E-state index contributed by atoms with van der Waals surface area (Å²) in [4.78, 5) is 0. The zero-order valence-corrected chi connectivity index (χ0v) is 17.3. The monoisotopic (exact) mass is 358 g/mol. The maximum absolute atomic E-state index is 5.89. The molecule has 0 aromatic heterocycles. The minimum absolute atomic E-state index is 0.609. The largest absolute Gasteiger partial charge is 0.492 e. The van der Waals surface area contributed by atoms with E-state index >= 15 is 0 Å². The number of ether oxygens (including phenoxy) is 2. The van der Waals surface area contributed by atoms with E-state index in [0.717, 1.165) is 34.9 Å². The molecule has 0 spiro atoms. The molecule has 1 aromatic rings. The Kier molecular flexibility index (Phi) is 8.03. The second-order valence-corrected chi connectivity index (χ2v) is 8.57. The molecule has 4 heteroatoms. The Balaban J connectivity index is 2.74. The van der Waals surface area contributed by atoms with Crippen LogP contribution in [0.4, 0.5) is 0 Å². The van der Waals surface area contributed by atoms with Crippen molar-refractivity contribution in [1.29, 1.82) is 0 Å². The van der Waals surface area contributed by atoms with Crippen molar-refractivity contribution >= 4 is 0 Å². The van der Waals surface area contributed by atoms with E-state index in [4.69, 9.17) is 22.3 Å². The molecule has 0 amide bonds. The molecule has 1 rings (SSSR count). The second kappa shape index (κ2) is 9.53. The van der Waals surface area contributed by atoms with Crippen LogP contribution < -0.4 is 9.47 Å². The van der Waals surface area contributed by atoms with Gasteiger partial charge in [-0.15, -0.1) is 12.8 Å². The summed E-state index contributed by atoms with van der Waals surface area (Å²) in [6.07, 6.45) is 13.2. The van der Waals surface area contributed by atoms with Gasteiger partial charge in [-0.1, -0.05) is 11.8 Å². The van der Waals surface area contributed by atoms with E-state index in [1.807, 2.05) is 12.1 Å². The van der Waals surface area contributed by atoms with Gasteiger partial charge >= 0.3 is 0 Å². The zero-order chi connectivity index (χ0) is 19.8. The molecule has 0 N–H and O–H groups in total. The molecule has 0 aliphatic heterocycles. The van der Waals surface area contributed by atoms with Crippen LogP contribution in [0.15, 0.2) is 12.1 Å². The molecular formula is C22H34N2O2+2. The van der Waals surface area contributed by atoms with Gasteiger partial charge in [-0.05, 0) is 0 Å². The fourth-order valence-corrected chi connectivity index (χ4v) is 2.47. The second-order valence-electron chi connectivity index (χ2n) is 8.57. The predicted molar refractivity (Wildman–Crippen MR) is 108 cm³/mol. The quantitative estimate of drug-likeness (QED) is 0.364. The molecule has 0 heterocycles. The van der Waals surface area contributed by atoms with Crippen molar-refractivity contribution in [1.82, 2.24) is 0 Å². The molecule has 0 atom stereocenters. The van der Waals surface area contributed by atoms with E-state index in [2.05, 4.69) is 54.1 Å². The van der Waals surface area contributed by atoms with Crippen LogP contribution in [0.1, 0.15) is 24.0 Å². The lowest BCUT2D eigenvalue weighted by molar-refractivity contribution is -0.870. The van der Waals surface area contributed by atoms with Gasteiger partial charge in [-0.3, -0.25) is 0 Å². The van der Waals surface area contributed by atoms with Crippen LogP contribution in [-0.2, 0) is 0 Å². The standard InChI is InChI=1S/C22H34N2O2/c1-9-19-17-22(26-16-12-14-24(6,7)8)20(10-2)18-21(19)25-15-11-13-23(3,4)5/h1-2,17-18H,11-16H2,3-8H3/q+2. The van der Waals surface area contributed by atoms with Crippen molar-refractivity contribution in [2.24, 2.45) is 0 Å². The summed E-state index contributed by atoms with van der Waals surface area (Å²) in [6.45, 7) is 3.28. The normalized spacial score (nSPS) is 11.5. The van der Waals surface area contributed by atoms with Crippen LogP contribution >= 0.6 is 0 Å². The first-order chi connectivity index (χ1) is 12.1. The van der Waals surface area contributed by atoms with Crippen molar-refractivity contribution in [3.8, 4) is 36.2 Å². The number of nitrogens with zero attached hydrogens (tertiary/aromatic N) is 2. The number of rotatable bonds is 10. The number of hydrogen-bond acceptors (Lipinski definition) is 2. The van der Waals surface area contributed by atoms with E-state index in [1.54, 1.807) is 0 Å². The van der Waals surface area contributed by atoms with Crippen LogP contribution in [0.2, 0.25) is 0 Å². The summed E-state index contributed by atoms with van der Waals surface area (Å²) in [6, 6.07) is 3.63. The van der Waals surface area contributed by atoms with Gasteiger partial charge in [0.2, 0.25) is 0 Å². The first kappa shape index (κ1) is 21.9. The summed E-state index contributed by atoms with van der Waals surface area (Å²) in [7, 11) is 13.0. The van der Waals surface area contributed by atoms with Crippen molar-refractivity contribution < 1.29 is 18.4 Å². The van der Waals surface area contributed by atoms with Crippen LogP contribution in [0, 0.1) is 24.7 Å². The van der Waals surface area contributed by atoms with Gasteiger partial charge in [-0.2, -0.15) is 0 Å². The summed E-state index contributed by atoms with van der Waals surface area (Å²) in [5, 5.41) is 0. The van der Waals surface area contributed by atoms with Crippen molar-refractivity contribution in [3.05, 3.63) is 23.3 Å². The fourth-order valence-electron chi connectivity index (χ4n) is 2.47. The SMILES string of the molecule is C#Cc1cc(OCCC[N+](C)(C)C)c(C#C)cc1OCCC[N+](C)(C)C. The third-order valence-corrected chi connectivity index (χ3v) is 3.85. The molecule has 0 saturated heterocycles. The molecule has 4 nitrogen and oxygen atoms in total. The Bertz CT molecular complexity index is 608. The first-order valence-corrected chi connectivity index (χ1v) is 9.03. The summed E-state index contributed by atoms with van der Waals surface area (Å²) >= 11 is 0. The first-order valence-electron chi connectivity index (χ1n) is 9.03. The summed E-state index contributed by atoms with van der Waals surface area (Å²) in [5.41, 5.74) is 1.35. The molecule has 142 valence electrons. The Morgan fingerprint density at radius 3 is 1.35 bits per heavy atom. The molecular weight excluding hydrogens is 324 g/mol. The maximum Gasteiger partial charge on any atom is 0.136 e.